The van der Waals surface area contributed by atoms with Crippen LogP contribution < -0.4 is 19.6 Å². The first-order chi connectivity index (χ1) is 13.7. The van der Waals surface area contributed by atoms with Crippen LogP contribution in [-0.4, -0.2) is 36.3 Å². The standard InChI is InChI=1S/C19H17N3O4S2/c1-2-24-14-8-16-15(25-11-26-16)7-12(14)9-20-22-18(23)10-27-19-21-13-5-3-4-6-17(13)28-19/h3-9H,2,10-11H2,1H3,(H,22,23)/b20-9-. The molecule has 0 saturated heterocycles. The Kier molecular flexibility index (Phi) is 5.63. The molecule has 1 N–H and O–H groups in total. The van der Waals surface area contributed by atoms with E-state index in [-0.39, 0.29) is 18.5 Å². The Morgan fingerprint density at radius 2 is 2.18 bits per heavy atom. The molecule has 9 heteroatoms. The van der Waals surface area contributed by atoms with E-state index in [0.29, 0.717) is 29.4 Å². The molecule has 0 bridgehead atoms. The maximum Gasteiger partial charge on any atom is 0.250 e. The zero-order chi connectivity index (χ0) is 19.3. The van der Waals surface area contributed by atoms with Crippen molar-refractivity contribution >= 4 is 45.4 Å². The number of nitrogens with one attached hydrogen (secondary N) is 1. The lowest BCUT2D eigenvalue weighted by Gasteiger charge is -2.08. The summed E-state index contributed by atoms with van der Waals surface area (Å²) in [6, 6.07) is 11.4. The number of thiazole rings is 1. The molecule has 1 aliphatic heterocycles. The summed E-state index contributed by atoms with van der Waals surface area (Å²) in [5, 5.41) is 4.03. The third-order valence-corrected chi connectivity index (χ3v) is 5.98. The van der Waals surface area contributed by atoms with Crippen molar-refractivity contribution in [3.05, 3.63) is 42.0 Å². The van der Waals surface area contributed by atoms with Crippen molar-refractivity contribution in [3.63, 3.8) is 0 Å². The predicted molar refractivity (Wildman–Crippen MR) is 110 cm³/mol. The Labute approximate surface area is 169 Å². The van der Waals surface area contributed by atoms with E-state index < -0.39 is 0 Å². The Morgan fingerprint density at radius 1 is 1.36 bits per heavy atom. The van der Waals surface area contributed by atoms with Crippen molar-refractivity contribution in [2.75, 3.05) is 19.2 Å². The highest BCUT2D eigenvalue weighted by Gasteiger charge is 2.17. The van der Waals surface area contributed by atoms with Gasteiger partial charge in [-0.1, -0.05) is 23.9 Å². The number of ether oxygens (including phenoxy) is 3. The molecule has 1 aliphatic rings. The number of fused-ring (bicyclic) bond motifs is 2. The largest absolute Gasteiger partial charge is 0.493 e. The Bertz CT molecular complexity index is 1000. The first-order valence-corrected chi connectivity index (χ1v) is 10.4. The average molecular weight is 415 g/mol. The molecule has 144 valence electrons. The number of rotatable bonds is 7. The lowest BCUT2D eigenvalue weighted by Crippen LogP contribution is -2.19. The number of benzene rings is 2. The molecular weight excluding hydrogens is 398 g/mol. The first-order valence-electron chi connectivity index (χ1n) is 8.59. The molecule has 0 atom stereocenters. The summed E-state index contributed by atoms with van der Waals surface area (Å²) in [6.07, 6.45) is 1.53. The van der Waals surface area contributed by atoms with Gasteiger partial charge in [0.05, 0.1) is 28.8 Å². The van der Waals surface area contributed by atoms with Gasteiger partial charge in [0, 0.05) is 11.6 Å². The summed E-state index contributed by atoms with van der Waals surface area (Å²) in [4.78, 5) is 16.6. The van der Waals surface area contributed by atoms with E-state index >= 15 is 0 Å². The molecular formula is C19H17N3O4S2. The monoisotopic (exact) mass is 415 g/mol. The Balaban J connectivity index is 1.36. The van der Waals surface area contributed by atoms with E-state index in [1.54, 1.807) is 23.5 Å². The molecule has 0 spiro atoms. The molecule has 2 heterocycles. The van der Waals surface area contributed by atoms with Crippen molar-refractivity contribution in [2.24, 2.45) is 5.10 Å². The fourth-order valence-corrected chi connectivity index (χ4v) is 4.43. The smallest absolute Gasteiger partial charge is 0.250 e. The number of hydrogen-bond acceptors (Lipinski definition) is 8. The lowest BCUT2D eigenvalue weighted by atomic mass is 10.2. The summed E-state index contributed by atoms with van der Waals surface area (Å²) >= 11 is 2.96. The van der Waals surface area contributed by atoms with Crippen molar-refractivity contribution in [2.45, 2.75) is 11.3 Å². The topological polar surface area (TPSA) is 82.0 Å². The molecule has 28 heavy (non-hydrogen) atoms. The maximum absolute atomic E-state index is 12.1. The summed E-state index contributed by atoms with van der Waals surface area (Å²) in [5.41, 5.74) is 4.17. The number of hydrogen-bond donors (Lipinski definition) is 1. The van der Waals surface area contributed by atoms with Crippen molar-refractivity contribution in [1.82, 2.24) is 10.4 Å². The van der Waals surface area contributed by atoms with E-state index in [2.05, 4.69) is 15.5 Å². The summed E-state index contributed by atoms with van der Waals surface area (Å²) in [5.74, 6) is 1.91. The minimum absolute atomic E-state index is 0.182. The fourth-order valence-electron chi connectivity index (χ4n) is 2.57. The molecule has 0 fully saturated rings. The first kappa shape index (κ1) is 18.6. The molecule has 2 aromatic carbocycles. The molecule has 7 nitrogen and oxygen atoms in total. The Hall–Kier alpha value is -2.78. The normalized spacial score (nSPS) is 12.6. The van der Waals surface area contributed by atoms with Crippen LogP contribution in [0.1, 0.15) is 12.5 Å². The third-order valence-electron chi connectivity index (χ3n) is 3.80. The molecule has 3 aromatic rings. The number of carbonyl (C=O) groups is 1. The van der Waals surface area contributed by atoms with Gasteiger partial charge in [-0.15, -0.1) is 11.3 Å². The van der Waals surface area contributed by atoms with Gasteiger partial charge in [0.15, 0.2) is 15.8 Å². The van der Waals surface area contributed by atoms with Crippen LogP contribution in [0.4, 0.5) is 0 Å². The molecule has 4 rings (SSSR count). The number of carbonyl (C=O) groups excluding carboxylic acids is 1. The second-order valence-electron chi connectivity index (χ2n) is 5.71. The van der Waals surface area contributed by atoms with Crippen molar-refractivity contribution < 1.29 is 19.0 Å². The molecule has 1 amide bonds. The van der Waals surface area contributed by atoms with Crippen LogP contribution in [0.5, 0.6) is 17.2 Å². The van der Waals surface area contributed by atoms with E-state index in [1.165, 1.54) is 18.0 Å². The highest BCUT2D eigenvalue weighted by atomic mass is 32.2. The second kappa shape index (κ2) is 8.49. The van der Waals surface area contributed by atoms with Gasteiger partial charge in [0.25, 0.3) is 5.91 Å². The number of aromatic nitrogens is 1. The van der Waals surface area contributed by atoms with Gasteiger partial charge in [-0.05, 0) is 25.1 Å². The third kappa shape index (κ3) is 4.20. The van der Waals surface area contributed by atoms with Crippen LogP contribution in [0.15, 0.2) is 45.8 Å². The van der Waals surface area contributed by atoms with Gasteiger partial charge < -0.3 is 14.2 Å². The molecule has 0 saturated carbocycles. The van der Waals surface area contributed by atoms with Crippen molar-refractivity contribution in [1.29, 1.82) is 0 Å². The van der Waals surface area contributed by atoms with Crippen LogP contribution in [0.25, 0.3) is 10.2 Å². The zero-order valence-electron chi connectivity index (χ0n) is 15.0. The molecule has 0 aliphatic carbocycles. The van der Waals surface area contributed by atoms with Gasteiger partial charge in [0.1, 0.15) is 5.75 Å². The predicted octanol–water partition coefficient (Wildman–Crippen LogP) is 3.67. The number of para-hydroxylation sites is 1. The number of amides is 1. The molecule has 1 aromatic heterocycles. The van der Waals surface area contributed by atoms with Gasteiger partial charge in [0.2, 0.25) is 6.79 Å². The van der Waals surface area contributed by atoms with Crippen LogP contribution in [0, 0.1) is 0 Å². The van der Waals surface area contributed by atoms with Gasteiger partial charge in [-0.2, -0.15) is 5.10 Å². The Morgan fingerprint density at radius 3 is 3.00 bits per heavy atom. The summed E-state index contributed by atoms with van der Waals surface area (Å²) in [6.45, 7) is 2.58. The molecule has 0 unspecified atom stereocenters. The quantitative estimate of drug-likeness (QED) is 0.360. The number of hydrazone groups is 1. The van der Waals surface area contributed by atoms with E-state index in [9.17, 15) is 4.79 Å². The van der Waals surface area contributed by atoms with Crippen molar-refractivity contribution in [3.8, 4) is 17.2 Å². The van der Waals surface area contributed by atoms with Gasteiger partial charge >= 0.3 is 0 Å². The lowest BCUT2D eigenvalue weighted by molar-refractivity contribution is -0.118. The minimum atomic E-state index is -0.209. The highest BCUT2D eigenvalue weighted by molar-refractivity contribution is 8.01. The molecule has 0 radical (unpaired) electrons. The number of nitrogens with zero attached hydrogens (tertiary/aromatic N) is 2. The average Bonchev–Trinajstić information content (AvgIpc) is 3.32. The van der Waals surface area contributed by atoms with Crippen LogP contribution in [0.2, 0.25) is 0 Å². The summed E-state index contributed by atoms with van der Waals surface area (Å²) in [7, 11) is 0. The second-order valence-corrected chi connectivity index (χ2v) is 7.96. The SMILES string of the molecule is CCOc1cc2c(cc1/C=N\NC(=O)CSc1nc3ccccc3s1)OCO2. The van der Waals surface area contributed by atoms with Crippen LogP contribution >= 0.6 is 23.1 Å². The van der Waals surface area contributed by atoms with Crippen LogP contribution in [-0.2, 0) is 4.79 Å². The number of thioether (sulfide) groups is 1. The van der Waals surface area contributed by atoms with E-state index in [0.717, 1.165) is 14.6 Å². The minimum Gasteiger partial charge on any atom is -0.493 e. The van der Waals surface area contributed by atoms with Gasteiger partial charge in [-0.25, -0.2) is 10.4 Å². The summed E-state index contributed by atoms with van der Waals surface area (Å²) < 4.78 is 18.3. The van der Waals surface area contributed by atoms with Crippen LogP contribution in [0.3, 0.4) is 0 Å². The van der Waals surface area contributed by atoms with E-state index in [4.69, 9.17) is 14.2 Å². The van der Waals surface area contributed by atoms with E-state index in [1.807, 2.05) is 31.2 Å². The van der Waals surface area contributed by atoms with Gasteiger partial charge in [-0.3, -0.25) is 4.79 Å². The maximum atomic E-state index is 12.1. The fraction of sp³-hybridized carbons (Fsp3) is 0.211. The zero-order valence-corrected chi connectivity index (χ0v) is 16.6. The highest BCUT2D eigenvalue weighted by Crippen LogP contribution is 2.37.